The Balaban J connectivity index is 2.13. The van der Waals surface area contributed by atoms with Crippen molar-refractivity contribution in [3.8, 4) is 0 Å². The van der Waals surface area contributed by atoms with Crippen molar-refractivity contribution >= 4 is 17.7 Å². The first-order valence-electron chi connectivity index (χ1n) is 7.55. The number of nitrogens with zero attached hydrogens (tertiary/aromatic N) is 1. The molecule has 1 aliphatic heterocycles. The van der Waals surface area contributed by atoms with Crippen LogP contribution in [0.4, 0.5) is 0 Å². The molecule has 21 heavy (non-hydrogen) atoms. The molecule has 0 bridgehead atoms. The Morgan fingerprint density at radius 1 is 1.48 bits per heavy atom. The number of carbonyl (C=O) groups excluding carboxylic acids is 1. The minimum atomic E-state index is -0.0890. The fourth-order valence-electron chi connectivity index (χ4n) is 2.79. The zero-order valence-electron chi connectivity index (χ0n) is 13.1. The average Bonchev–Trinajstić information content (AvgIpc) is 2.54. The largest absolute Gasteiger partial charge is 0.355 e. The molecule has 0 aromatic heterocycles. The Morgan fingerprint density at radius 3 is 2.81 bits per heavy atom. The molecule has 0 spiro atoms. The molecule has 1 heterocycles. The van der Waals surface area contributed by atoms with Crippen LogP contribution in [0, 0.1) is 0 Å². The van der Waals surface area contributed by atoms with E-state index >= 15 is 0 Å². The molecular weight excluding hydrogens is 282 g/mol. The number of rotatable bonds is 5. The highest BCUT2D eigenvalue weighted by molar-refractivity contribution is 7.98. The smallest absolute Gasteiger partial charge is 0.238 e. The van der Waals surface area contributed by atoms with Crippen molar-refractivity contribution in [3.63, 3.8) is 0 Å². The Morgan fingerprint density at radius 2 is 2.19 bits per heavy atom. The number of nitrogens with one attached hydrogen (secondary N) is 2. The molecule has 1 fully saturated rings. The molecule has 2 N–H and O–H groups in total. The highest BCUT2D eigenvalue weighted by Gasteiger charge is 2.31. The lowest BCUT2D eigenvalue weighted by molar-refractivity contribution is -0.128. The quantitative estimate of drug-likeness (QED) is 0.815. The number of hydrogen-bond acceptors (Lipinski definition) is 4. The highest BCUT2D eigenvalue weighted by atomic mass is 32.2. The van der Waals surface area contributed by atoms with Crippen LogP contribution in [0.3, 0.4) is 0 Å². The summed E-state index contributed by atoms with van der Waals surface area (Å²) in [5.74, 6) is 0.122. The highest BCUT2D eigenvalue weighted by Crippen LogP contribution is 2.25. The molecule has 0 saturated carbocycles. The second-order valence-electron chi connectivity index (χ2n) is 5.30. The Kier molecular flexibility index (Phi) is 6.08. The van der Waals surface area contributed by atoms with Crippen LogP contribution in [-0.4, -0.2) is 49.3 Å². The number of likely N-dealkylation sites (N-methyl/N-ethyl adjacent to an activating group) is 1. The molecule has 0 radical (unpaired) electrons. The summed E-state index contributed by atoms with van der Waals surface area (Å²) in [5.41, 5.74) is 1.27. The number of hydrogen-bond donors (Lipinski definition) is 2. The van der Waals surface area contributed by atoms with Crippen LogP contribution in [0.2, 0.25) is 0 Å². The minimum Gasteiger partial charge on any atom is -0.355 e. The van der Waals surface area contributed by atoms with Crippen LogP contribution in [0.1, 0.15) is 25.5 Å². The van der Waals surface area contributed by atoms with Gasteiger partial charge in [0.1, 0.15) is 6.04 Å². The zero-order chi connectivity index (χ0) is 15.2. The van der Waals surface area contributed by atoms with Crippen LogP contribution in [0.5, 0.6) is 0 Å². The van der Waals surface area contributed by atoms with E-state index in [2.05, 4.69) is 53.0 Å². The second-order valence-corrected chi connectivity index (χ2v) is 6.18. The summed E-state index contributed by atoms with van der Waals surface area (Å²) in [6, 6.07) is 8.81. The fourth-order valence-corrected chi connectivity index (χ4v) is 3.20. The van der Waals surface area contributed by atoms with Crippen LogP contribution in [0.15, 0.2) is 29.2 Å². The Hall–Kier alpha value is -1.04. The summed E-state index contributed by atoms with van der Waals surface area (Å²) in [6.45, 7) is 7.38. The molecule has 1 aliphatic rings. The predicted molar refractivity (Wildman–Crippen MR) is 88.7 cm³/mol. The van der Waals surface area contributed by atoms with Crippen molar-refractivity contribution in [3.05, 3.63) is 29.8 Å². The number of benzene rings is 1. The van der Waals surface area contributed by atoms with Crippen molar-refractivity contribution in [2.24, 2.45) is 0 Å². The Bertz CT molecular complexity index is 463. The molecule has 2 atom stereocenters. The predicted octanol–water partition coefficient (Wildman–Crippen LogP) is 1.88. The van der Waals surface area contributed by atoms with Gasteiger partial charge in [-0.25, -0.2) is 0 Å². The van der Waals surface area contributed by atoms with Gasteiger partial charge in [0.05, 0.1) is 0 Å². The van der Waals surface area contributed by atoms with E-state index < -0.39 is 0 Å². The van der Waals surface area contributed by atoms with Crippen LogP contribution < -0.4 is 10.6 Å². The molecule has 5 heteroatoms. The monoisotopic (exact) mass is 307 g/mol. The fraction of sp³-hybridized carbons (Fsp3) is 0.562. The van der Waals surface area contributed by atoms with Gasteiger partial charge in [0, 0.05) is 37.1 Å². The summed E-state index contributed by atoms with van der Waals surface area (Å²) in [7, 11) is 0. The van der Waals surface area contributed by atoms with Crippen molar-refractivity contribution in [2.45, 2.75) is 30.8 Å². The lowest BCUT2D eigenvalue weighted by Crippen LogP contribution is -2.58. The van der Waals surface area contributed by atoms with Gasteiger partial charge in [0.2, 0.25) is 5.91 Å². The molecule has 1 amide bonds. The number of amides is 1. The van der Waals surface area contributed by atoms with Gasteiger partial charge in [-0.2, -0.15) is 0 Å². The van der Waals surface area contributed by atoms with Gasteiger partial charge >= 0.3 is 0 Å². The van der Waals surface area contributed by atoms with Gasteiger partial charge < -0.3 is 10.6 Å². The van der Waals surface area contributed by atoms with Crippen LogP contribution >= 0.6 is 11.8 Å². The van der Waals surface area contributed by atoms with E-state index in [1.54, 1.807) is 11.8 Å². The molecular formula is C16H25N3OS. The van der Waals surface area contributed by atoms with Crippen molar-refractivity contribution in [1.82, 2.24) is 15.5 Å². The van der Waals surface area contributed by atoms with E-state index in [1.165, 1.54) is 10.5 Å². The molecule has 4 nitrogen and oxygen atoms in total. The van der Waals surface area contributed by atoms with E-state index in [4.69, 9.17) is 0 Å². The first-order chi connectivity index (χ1) is 10.2. The van der Waals surface area contributed by atoms with Crippen molar-refractivity contribution in [1.29, 1.82) is 0 Å². The van der Waals surface area contributed by atoms with Gasteiger partial charge in [-0.1, -0.05) is 12.1 Å². The van der Waals surface area contributed by atoms with Gasteiger partial charge in [0.15, 0.2) is 0 Å². The lowest BCUT2D eigenvalue weighted by Gasteiger charge is -2.39. The zero-order valence-corrected chi connectivity index (χ0v) is 13.9. The van der Waals surface area contributed by atoms with E-state index in [9.17, 15) is 4.79 Å². The van der Waals surface area contributed by atoms with Crippen molar-refractivity contribution in [2.75, 3.05) is 32.4 Å². The van der Waals surface area contributed by atoms with E-state index in [1.807, 2.05) is 6.92 Å². The van der Waals surface area contributed by atoms with Crippen LogP contribution in [-0.2, 0) is 4.79 Å². The molecule has 1 saturated heterocycles. The summed E-state index contributed by atoms with van der Waals surface area (Å²) >= 11 is 1.75. The SMILES string of the molecule is CCNC(=O)C1CNCCN1C(C)c1ccc(SC)cc1. The number of piperazine rings is 1. The molecule has 1 aromatic carbocycles. The first kappa shape index (κ1) is 16.3. The van der Waals surface area contributed by atoms with Gasteiger partial charge in [-0.15, -0.1) is 11.8 Å². The average molecular weight is 307 g/mol. The normalized spacial score (nSPS) is 21.0. The third-order valence-electron chi connectivity index (χ3n) is 4.03. The topological polar surface area (TPSA) is 44.4 Å². The van der Waals surface area contributed by atoms with Crippen LogP contribution in [0.25, 0.3) is 0 Å². The maximum Gasteiger partial charge on any atom is 0.238 e. The number of thioether (sulfide) groups is 1. The molecule has 116 valence electrons. The van der Waals surface area contributed by atoms with Gasteiger partial charge in [-0.05, 0) is 37.8 Å². The summed E-state index contributed by atoms with van der Waals surface area (Å²) in [5, 5.41) is 6.27. The molecule has 2 rings (SSSR count). The third kappa shape index (κ3) is 3.99. The summed E-state index contributed by atoms with van der Waals surface area (Å²) in [6.07, 6.45) is 2.08. The minimum absolute atomic E-state index is 0.0890. The molecule has 0 aliphatic carbocycles. The summed E-state index contributed by atoms with van der Waals surface area (Å²) in [4.78, 5) is 15.8. The lowest BCUT2D eigenvalue weighted by atomic mass is 10.0. The second kappa shape index (κ2) is 7.82. The Labute approximate surface area is 131 Å². The maximum atomic E-state index is 12.2. The maximum absolute atomic E-state index is 12.2. The van der Waals surface area contributed by atoms with Crippen molar-refractivity contribution < 1.29 is 4.79 Å². The molecule has 2 unspecified atom stereocenters. The first-order valence-corrected chi connectivity index (χ1v) is 8.78. The van der Waals surface area contributed by atoms with E-state index in [0.717, 1.165) is 19.6 Å². The number of carbonyl (C=O) groups is 1. The standard InChI is InChI=1S/C16H25N3OS/c1-4-18-16(20)15-11-17-9-10-19(15)12(2)13-5-7-14(21-3)8-6-13/h5-8,12,15,17H,4,9-11H2,1-3H3,(H,18,20). The van der Waals surface area contributed by atoms with Gasteiger partial charge in [0.25, 0.3) is 0 Å². The third-order valence-corrected chi connectivity index (χ3v) is 4.78. The van der Waals surface area contributed by atoms with E-state index in [-0.39, 0.29) is 18.0 Å². The van der Waals surface area contributed by atoms with E-state index in [0.29, 0.717) is 6.54 Å². The molecule has 1 aromatic rings. The van der Waals surface area contributed by atoms with Gasteiger partial charge in [-0.3, -0.25) is 9.69 Å². The summed E-state index contributed by atoms with van der Waals surface area (Å²) < 4.78 is 0.